The lowest BCUT2D eigenvalue weighted by Gasteiger charge is -2.20. The molecule has 22 heavy (non-hydrogen) atoms. The van der Waals surface area contributed by atoms with Gasteiger partial charge in [-0.2, -0.15) is 0 Å². The summed E-state index contributed by atoms with van der Waals surface area (Å²) >= 11 is 0. The number of aryl methyl sites for hydroxylation is 2. The maximum Gasteiger partial charge on any atom is 0.0240 e. The quantitative estimate of drug-likeness (QED) is 0.646. The average Bonchev–Trinajstić information content (AvgIpc) is 2.51. The van der Waals surface area contributed by atoms with Crippen molar-refractivity contribution < 1.29 is 0 Å². The third kappa shape index (κ3) is 3.05. The van der Waals surface area contributed by atoms with E-state index < -0.39 is 0 Å². The molecule has 3 aromatic rings. The molecule has 112 valence electrons. The molecule has 0 amide bonds. The van der Waals surface area contributed by atoms with Crippen LogP contribution in [-0.4, -0.2) is 11.9 Å². The highest BCUT2D eigenvalue weighted by atomic mass is 15.1. The van der Waals surface area contributed by atoms with Crippen LogP contribution in [0.1, 0.15) is 22.3 Å². The molecule has 3 rings (SSSR count). The Morgan fingerprint density at radius 3 is 2.14 bits per heavy atom. The van der Waals surface area contributed by atoms with Crippen molar-refractivity contribution in [2.45, 2.75) is 26.9 Å². The van der Waals surface area contributed by atoms with Crippen molar-refractivity contribution in [2.75, 3.05) is 7.05 Å². The molecule has 1 nitrogen and oxygen atoms in total. The van der Waals surface area contributed by atoms with E-state index in [1.807, 2.05) is 0 Å². The summed E-state index contributed by atoms with van der Waals surface area (Å²) in [5.74, 6) is 0. The lowest BCUT2D eigenvalue weighted by Crippen LogP contribution is -2.18. The van der Waals surface area contributed by atoms with Gasteiger partial charge in [0, 0.05) is 13.1 Å². The van der Waals surface area contributed by atoms with E-state index in [1.54, 1.807) is 0 Å². The molecule has 1 heteroatoms. The summed E-state index contributed by atoms with van der Waals surface area (Å²) in [6, 6.07) is 21.8. The number of benzene rings is 3. The van der Waals surface area contributed by atoms with Gasteiger partial charge in [-0.3, -0.25) is 4.90 Å². The molecular formula is C21H23N. The Labute approximate surface area is 133 Å². The maximum absolute atomic E-state index is 2.40. The van der Waals surface area contributed by atoms with Gasteiger partial charge in [0.05, 0.1) is 0 Å². The van der Waals surface area contributed by atoms with Gasteiger partial charge in [0.15, 0.2) is 0 Å². The first kappa shape index (κ1) is 14.8. The van der Waals surface area contributed by atoms with Crippen molar-refractivity contribution in [3.63, 3.8) is 0 Å². The first-order chi connectivity index (χ1) is 10.6. The molecule has 0 bridgehead atoms. The van der Waals surface area contributed by atoms with Gasteiger partial charge in [-0.25, -0.2) is 0 Å². The number of hydrogen-bond acceptors (Lipinski definition) is 1. The van der Waals surface area contributed by atoms with Crippen molar-refractivity contribution in [1.82, 2.24) is 4.90 Å². The summed E-state index contributed by atoms with van der Waals surface area (Å²) in [6.07, 6.45) is 0. The van der Waals surface area contributed by atoms with Gasteiger partial charge >= 0.3 is 0 Å². The summed E-state index contributed by atoms with van der Waals surface area (Å²) in [5, 5.41) is 2.68. The highest BCUT2D eigenvalue weighted by Crippen LogP contribution is 2.21. The van der Waals surface area contributed by atoms with E-state index in [9.17, 15) is 0 Å². The van der Waals surface area contributed by atoms with Crippen LogP contribution in [0.5, 0.6) is 0 Å². The molecule has 0 saturated heterocycles. The molecule has 0 saturated carbocycles. The maximum atomic E-state index is 2.40. The monoisotopic (exact) mass is 289 g/mol. The normalized spacial score (nSPS) is 11.3. The zero-order valence-corrected chi connectivity index (χ0v) is 13.6. The summed E-state index contributed by atoms with van der Waals surface area (Å²) in [5.41, 5.74) is 5.60. The molecule has 0 radical (unpaired) electrons. The Morgan fingerprint density at radius 2 is 1.36 bits per heavy atom. The first-order valence-electron chi connectivity index (χ1n) is 7.85. The van der Waals surface area contributed by atoms with Crippen LogP contribution in [0.4, 0.5) is 0 Å². The van der Waals surface area contributed by atoms with Crippen molar-refractivity contribution in [2.24, 2.45) is 0 Å². The van der Waals surface area contributed by atoms with Crippen LogP contribution in [0.2, 0.25) is 0 Å². The van der Waals surface area contributed by atoms with Gasteiger partial charge in [0.1, 0.15) is 0 Å². The molecule has 0 aliphatic carbocycles. The second kappa shape index (κ2) is 6.33. The minimum atomic E-state index is 0.967. The summed E-state index contributed by atoms with van der Waals surface area (Å²) in [6.45, 7) is 6.36. The van der Waals surface area contributed by atoms with Crippen LogP contribution in [0.25, 0.3) is 10.8 Å². The van der Waals surface area contributed by atoms with Crippen LogP contribution in [0, 0.1) is 13.8 Å². The Morgan fingerprint density at radius 1 is 0.727 bits per heavy atom. The Bertz CT molecular complexity index is 763. The number of fused-ring (bicyclic) bond motifs is 1. The Hall–Kier alpha value is -2.12. The van der Waals surface area contributed by atoms with Gasteiger partial charge in [0.25, 0.3) is 0 Å². The highest BCUT2D eigenvalue weighted by molar-refractivity contribution is 5.85. The fraction of sp³-hybridized carbons (Fsp3) is 0.238. The second-order valence-corrected chi connectivity index (χ2v) is 6.18. The number of rotatable bonds is 4. The van der Waals surface area contributed by atoms with Crippen molar-refractivity contribution in [1.29, 1.82) is 0 Å². The van der Waals surface area contributed by atoms with E-state index in [-0.39, 0.29) is 0 Å². The van der Waals surface area contributed by atoms with Crippen LogP contribution in [-0.2, 0) is 13.1 Å². The van der Waals surface area contributed by atoms with Gasteiger partial charge in [-0.15, -0.1) is 0 Å². The standard InChI is InChI=1S/C21H23N/c1-16-8-6-9-17(2)21(16)15-22(3)14-19-12-7-11-18-10-4-5-13-20(18)19/h4-13H,14-15H2,1-3H3. The molecule has 0 aromatic heterocycles. The Balaban J connectivity index is 1.83. The topological polar surface area (TPSA) is 3.24 Å². The van der Waals surface area contributed by atoms with E-state index in [0.717, 1.165) is 13.1 Å². The Kier molecular flexibility index (Phi) is 4.26. The van der Waals surface area contributed by atoms with Gasteiger partial charge in [-0.1, -0.05) is 60.7 Å². The first-order valence-corrected chi connectivity index (χ1v) is 7.85. The van der Waals surface area contributed by atoms with Crippen LogP contribution < -0.4 is 0 Å². The third-order valence-electron chi connectivity index (χ3n) is 4.39. The molecule has 0 aliphatic rings. The largest absolute Gasteiger partial charge is 0.298 e. The molecule has 0 fully saturated rings. The zero-order chi connectivity index (χ0) is 15.5. The van der Waals surface area contributed by atoms with Gasteiger partial charge in [0.2, 0.25) is 0 Å². The minimum Gasteiger partial charge on any atom is -0.298 e. The molecule has 0 atom stereocenters. The van der Waals surface area contributed by atoms with Crippen LogP contribution in [0.15, 0.2) is 60.7 Å². The lowest BCUT2D eigenvalue weighted by atomic mass is 10.0. The fourth-order valence-electron chi connectivity index (χ4n) is 3.15. The summed E-state index contributed by atoms with van der Waals surface area (Å²) in [4.78, 5) is 2.40. The summed E-state index contributed by atoms with van der Waals surface area (Å²) < 4.78 is 0. The van der Waals surface area contributed by atoms with E-state index in [0.29, 0.717) is 0 Å². The smallest absolute Gasteiger partial charge is 0.0240 e. The van der Waals surface area contributed by atoms with Crippen LogP contribution >= 0.6 is 0 Å². The van der Waals surface area contributed by atoms with E-state index >= 15 is 0 Å². The van der Waals surface area contributed by atoms with Crippen molar-refractivity contribution in [3.8, 4) is 0 Å². The third-order valence-corrected chi connectivity index (χ3v) is 4.39. The second-order valence-electron chi connectivity index (χ2n) is 6.18. The van der Waals surface area contributed by atoms with E-state index in [4.69, 9.17) is 0 Å². The average molecular weight is 289 g/mol. The molecule has 0 unspecified atom stereocenters. The molecular weight excluding hydrogens is 266 g/mol. The van der Waals surface area contributed by atoms with Crippen molar-refractivity contribution >= 4 is 10.8 Å². The molecule has 3 aromatic carbocycles. The predicted octanol–water partition coefficient (Wildman–Crippen LogP) is 5.09. The molecule has 0 N–H and O–H groups in total. The summed E-state index contributed by atoms with van der Waals surface area (Å²) in [7, 11) is 2.20. The number of nitrogens with zero attached hydrogens (tertiary/aromatic N) is 1. The molecule has 0 spiro atoms. The van der Waals surface area contributed by atoms with E-state index in [2.05, 4.69) is 86.5 Å². The van der Waals surface area contributed by atoms with Gasteiger partial charge < -0.3 is 0 Å². The zero-order valence-electron chi connectivity index (χ0n) is 13.6. The van der Waals surface area contributed by atoms with Gasteiger partial charge in [-0.05, 0) is 53.9 Å². The molecule has 0 aliphatic heterocycles. The van der Waals surface area contributed by atoms with E-state index in [1.165, 1.54) is 33.0 Å². The SMILES string of the molecule is Cc1cccc(C)c1CN(C)Cc1cccc2ccccc12. The van der Waals surface area contributed by atoms with Crippen LogP contribution in [0.3, 0.4) is 0 Å². The molecule has 0 heterocycles. The number of hydrogen-bond donors (Lipinski definition) is 0. The minimum absolute atomic E-state index is 0.967. The fourth-order valence-corrected chi connectivity index (χ4v) is 3.15. The lowest BCUT2D eigenvalue weighted by molar-refractivity contribution is 0.319. The predicted molar refractivity (Wildman–Crippen MR) is 95.0 cm³/mol. The highest BCUT2D eigenvalue weighted by Gasteiger charge is 2.08. The van der Waals surface area contributed by atoms with Crippen molar-refractivity contribution in [3.05, 3.63) is 82.9 Å².